The zero-order valence-corrected chi connectivity index (χ0v) is 13.7. The highest BCUT2D eigenvalue weighted by Gasteiger charge is 2.17. The first-order chi connectivity index (χ1) is 10.3. The third-order valence-electron chi connectivity index (χ3n) is 2.74. The summed E-state index contributed by atoms with van der Waals surface area (Å²) in [4.78, 5) is 10.1. The number of hydrogen-bond donors (Lipinski definition) is 1. The Morgan fingerprint density at radius 3 is 2.55 bits per heavy atom. The van der Waals surface area contributed by atoms with E-state index in [9.17, 15) is 18.5 Å². The van der Waals surface area contributed by atoms with Gasteiger partial charge in [-0.1, -0.05) is 6.07 Å². The molecule has 0 spiro atoms. The van der Waals surface area contributed by atoms with Crippen LogP contribution in [0.1, 0.15) is 0 Å². The maximum Gasteiger partial charge on any atom is 0.271 e. The van der Waals surface area contributed by atoms with Crippen molar-refractivity contribution in [2.75, 3.05) is 11.8 Å². The number of methoxy groups -OCH3 is 1. The second kappa shape index (κ2) is 6.32. The third-order valence-corrected chi connectivity index (χ3v) is 4.74. The van der Waals surface area contributed by atoms with Crippen LogP contribution in [0, 0.1) is 10.1 Å². The van der Waals surface area contributed by atoms with E-state index in [-0.39, 0.29) is 16.3 Å². The Balaban J connectivity index is 2.33. The first-order valence-corrected chi connectivity index (χ1v) is 8.22. The molecule has 2 aromatic rings. The van der Waals surface area contributed by atoms with E-state index in [0.29, 0.717) is 10.2 Å². The molecular formula is C13H11BrN2O5S. The van der Waals surface area contributed by atoms with Crippen molar-refractivity contribution in [2.45, 2.75) is 4.90 Å². The highest BCUT2D eigenvalue weighted by atomic mass is 79.9. The summed E-state index contributed by atoms with van der Waals surface area (Å²) in [5.41, 5.74) is -0.0859. The van der Waals surface area contributed by atoms with Crippen LogP contribution in [0.25, 0.3) is 0 Å². The van der Waals surface area contributed by atoms with Gasteiger partial charge < -0.3 is 4.74 Å². The number of nitro groups is 1. The molecule has 0 radical (unpaired) electrons. The molecule has 9 heteroatoms. The zero-order chi connectivity index (χ0) is 16.3. The number of hydrogen-bond acceptors (Lipinski definition) is 5. The van der Waals surface area contributed by atoms with Crippen LogP contribution >= 0.6 is 15.9 Å². The molecule has 2 rings (SSSR count). The molecule has 2 aromatic carbocycles. The van der Waals surface area contributed by atoms with Crippen LogP contribution < -0.4 is 9.46 Å². The standard InChI is InChI=1S/C13H11BrN2O5S/c1-21-13-6-5-11(8-12(13)14)22(19,20)15-9-3-2-4-10(7-9)16(17)18/h2-8,15H,1H3. The molecule has 0 heterocycles. The van der Waals surface area contributed by atoms with Crippen molar-refractivity contribution in [1.29, 1.82) is 0 Å². The molecule has 0 unspecified atom stereocenters. The summed E-state index contributed by atoms with van der Waals surface area (Å²) >= 11 is 3.21. The van der Waals surface area contributed by atoms with Gasteiger partial charge in [0.15, 0.2) is 0 Å². The van der Waals surface area contributed by atoms with Crippen LogP contribution in [0.2, 0.25) is 0 Å². The lowest BCUT2D eigenvalue weighted by Gasteiger charge is -2.10. The highest BCUT2D eigenvalue weighted by Crippen LogP contribution is 2.28. The molecule has 0 amide bonds. The van der Waals surface area contributed by atoms with Crippen LogP contribution in [0.15, 0.2) is 51.8 Å². The van der Waals surface area contributed by atoms with Gasteiger partial charge in [-0.15, -0.1) is 0 Å². The third kappa shape index (κ3) is 3.55. The molecule has 0 saturated heterocycles. The van der Waals surface area contributed by atoms with E-state index < -0.39 is 14.9 Å². The minimum atomic E-state index is -3.86. The van der Waals surface area contributed by atoms with Crippen molar-refractivity contribution in [1.82, 2.24) is 0 Å². The van der Waals surface area contributed by atoms with E-state index in [1.807, 2.05) is 0 Å². The SMILES string of the molecule is COc1ccc(S(=O)(=O)Nc2cccc([N+](=O)[O-])c2)cc1Br. The number of nitrogens with one attached hydrogen (secondary N) is 1. The monoisotopic (exact) mass is 386 g/mol. The first-order valence-electron chi connectivity index (χ1n) is 5.94. The average molecular weight is 387 g/mol. The van der Waals surface area contributed by atoms with E-state index >= 15 is 0 Å². The lowest BCUT2D eigenvalue weighted by Crippen LogP contribution is -2.13. The number of benzene rings is 2. The van der Waals surface area contributed by atoms with Gasteiger partial charge in [-0.05, 0) is 40.2 Å². The first kappa shape index (κ1) is 16.2. The van der Waals surface area contributed by atoms with Crippen molar-refractivity contribution >= 4 is 37.3 Å². The smallest absolute Gasteiger partial charge is 0.271 e. The predicted octanol–water partition coefficient (Wildman–Crippen LogP) is 3.17. The number of ether oxygens (including phenoxy) is 1. The number of non-ortho nitro benzene ring substituents is 1. The Kier molecular flexibility index (Phi) is 4.67. The molecule has 0 bridgehead atoms. The summed E-state index contributed by atoms with van der Waals surface area (Å²) in [6, 6.07) is 9.54. The zero-order valence-electron chi connectivity index (χ0n) is 11.3. The van der Waals surface area contributed by atoms with Crippen molar-refractivity contribution in [3.8, 4) is 5.75 Å². The quantitative estimate of drug-likeness (QED) is 0.628. The Labute approximate surface area is 135 Å². The van der Waals surface area contributed by atoms with Crippen LogP contribution in [-0.4, -0.2) is 20.5 Å². The number of sulfonamides is 1. The second-order valence-corrected chi connectivity index (χ2v) is 6.75. The maximum absolute atomic E-state index is 12.3. The van der Waals surface area contributed by atoms with Gasteiger partial charge in [-0.25, -0.2) is 8.42 Å². The molecule has 0 aliphatic rings. The largest absolute Gasteiger partial charge is 0.496 e. The van der Waals surface area contributed by atoms with Crippen molar-refractivity contribution in [2.24, 2.45) is 0 Å². The van der Waals surface area contributed by atoms with Gasteiger partial charge in [-0.3, -0.25) is 14.8 Å². The van der Waals surface area contributed by atoms with Gasteiger partial charge in [-0.2, -0.15) is 0 Å². The Bertz CT molecular complexity index is 823. The van der Waals surface area contributed by atoms with Gasteiger partial charge in [0, 0.05) is 12.1 Å². The average Bonchev–Trinajstić information content (AvgIpc) is 2.47. The summed E-state index contributed by atoms with van der Waals surface area (Å²) in [6.45, 7) is 0. The summed E-state index contributed by atoms with van der Waals surface area (Å²) in [5.74, 6) is 0.495. The van der Waals surface area contributed by atoms with E-state index in [4.69, 9.17) is 4.74 Å². The lowest BCUT2D eigenvalue weighted by atomic mass is 10.3. The van der Waals surface area contributed by atoms with Crippen molar-refractivity contribution in [3.05, 3.63) is 57.1 Å². The fourth-order valence-corrected chi connectivity index (χ4v) is 3.48. The number of anilines is 1. The van der Waals surface area contributed by atoms with E-state index in [2.05, 4.69) is 20.7 Å². The van der Waals surface area contributed by atoms with Crippen LogP contribution in [-0.2, 0) is 10.0 Å². The van der Waals surface area contributed by atoms with Gasteiger partial charge >= 0.3 is 0 Å². The molecule has 0 fully saturated rings. The minimum Gasteiger partial charge on any atom is -0.496 e. The lowest BCUT2D eigenvalue weighted by molar-refractivity contribution is -0.384. The van der Waals surface area contributed by atoms with E-state index in [0.717, 1.165) is 6.07 Å². The van der Waals surface area contributed by atoms with Gasteiger partial charge in [0.25, 0.3) is 15.7 Å². The predicted molar refractivity (Wildman–Crippen MR) is 84.6 cm³/mol. The molecule has 0 aliphatic heterocycles. The second-order valence-electron chi connectivity index (χ2n) is 4.21. The molecule has 22 heavy (non-hydrogen) atoms. The number of halogens is 1. The topological polar surface area (TPSA) is 98.5 Å². The fourth-order valence-electron chi connectivity index (χ4n) is 1.71. The van der Waals surface area contributed by atoms with Crippen molar-refractivity contribution in [3.63, 3.8) is 0 Å². The summed E-state index contributed by atoms with van der Waals surface area (Å²) < 4.78 is 32.4. The maximum atomic E-state index is 12.3. The Hall–Kier alpha value is -2.13. The van der Waals surface area contributed by atoms with Gasteiger partial charge in [0.05, 0.1) is 27.1 Å². The molecule has 0 saturated carbocycles. The van der Waals surface area contributed by atoms with Gasteiger partial charge in [0.2, 0.25) is 0 Å². The highest BCUT2D eigenvalue weighted by molar-refractivity contribution is 9.10. The molecule has 0 aromatic heterocycles. The number of nitro benzene ring substituents is 1. The van der Waals surface area contributed by atoms with Crippen LogP contribution in [0.5, 0.6) is 5.75 Å². The number of rotatable bonds is 5. The summed E-state index contributed by atoms with van der Waals surface area (Å²) in [6.07, 6.45) is 0. The summed E-state index contributed by atoms with van der Waals surface area (Å²) in [7, 11) is -2.39. The minimum absolute atomic E-state index is 0.00619. The van der Waals surface area contributed by atoms with Crippen LogP contribution in [0.3, 0.4) is 0 Å². The molecule has 116 valence electrons. The van der Waals surface area contributed by atoms with Crippen molar-refractivity contribution < 1.29 is 18.1 Å². The summed E-state index contributed by atoms with van der Waals surface area (Å²) in [5, 5.41) is 10.7. The molecule has 0 aliphatic carbocycles. The fraction of sp³-hybridized carbons (Fsp3) is 0.0769. The molecule has 7 nitrogen and oxygen atoms in total. The molecular weight excluding hydrogens is 376 g/mol. The van der Waals surface area contributed by atoms with Crippen LogP contribution in [0.4, 0.5) is 11.4 Å². The Morgan fingerprint density at radius 1 is 1.23 bits per heavy atom. The normalized spacial score (nSPS) is 11.0. The van der Waals surface area contributed by atoms with E-state index in [1.165, 1.54) is 43.5 Å². The Morgan fingerprint density at radius 2 is 1.95 bits per heavy atom. The number of nitrogens with zero attached hydrogens (tertiary/aromatic N) is 1. The molecule has 0 atom stereocenters. The molecule has 1 N–H and O–H groups in total. The van der Waals surface area contributed by atoms with E-state index in [1.54, 1.807) is 0 Å². The van der Waals surface area contributed by atoms with Gasteiger partial charge in [0.1, 0.15) is 5.75 Å².